The van der Waals surface area contributed by atoms with Crippen molar-refractivity contribution in [2.24, 2.45) is 0 Å². The van der Waals surface area contributed by atoms with Crippen molar-refractivity contribution in [1.82, 2.24) is 15.2 Å². The molecule has 6 heteroatoms. The summed E-state index contributed by atoms with van der Waals surface area (Å²) < 4.78 is 0. The number of hydrogen-bond donors (Lipinski definition) is 3. The number of H-pyrrole nitrogens is 1. The lowest BCUT2D eigenvalue weighted by Gasteiger charge is -2.11. The van der Waals surface area contributed by atoms with Crippen LogP contribution in [0.15, 0.2) is 48.8 Å². The quantitative estimate of drug-likeness (QED) is 0.527. The zero-order valence-electron chi connectivity index (χ0n) is 11.9. The van der Waals surface area contributed by atoms with Gasteiger partial charge in [0.25, 0.3) is 0 Å². The second kappa shape index (κ2) is 5.00. The number of fused-ring (bicyclic) bond motifs is 2. The Bertz CT molecular complexity index is 1080. The molecule has 110 valence electrons. The summed E-state index contributed by atoms with van der Waals surface area (Å²) in [4.78, 5) is 4.22. The summed E-state index contributed by atoms with van der Waals surface area (Å²) in [5, 5.41) is 30.9. The fourth-order valence-electron chi connectivity index (χ4n) is 2.56. The number of aromatic hydroxyl groups is 1. The molecular formula is C17H11N5O. The van der Waals surface area contributed by atoms with Crippen LogP contribution in [0.2, 0.25) is 0 Å². The molecule has 0 saturated carbocycles. The highest BCUT2D eigenvalue weighted by molar-refractivity contribution is 5.97. The Morgan fingerprint density at radius 2 is 2.04 bits per heavy atom. The van der Waals surface area contributed by atoms with E-state index in [1.807, 2.05) is 18.2 Å². The number of phenolic OH excluding ortho intramolecular Hbond substituents is 1. The zero-order chi connectivity index (χ0) is 15.8. The lowest BCUT2D eigenvalue weighted by atomic mass is 10.1. The van der Waals surface area contributed by atoms with E-state index in [9.17, 15) is 10.4 Å². The van der Waals surface area contributed by atoms with Gasteiger partial charge in [-0.1, -0.05) is 0 Å². The van der Waals surface area contributed by atoms with Gasteiger partial charge in [0.2, 0.25) is 0 Å². The highest BCUT2D eigenvalue weighted by atomic mass is 16.3. The van der Waals surface area contributed by atoms with Crippen LogP contribution in [0, 0.1) is 11.3 Å². The van der Waals surface area contributed by atoms with Gasteiger partial charge in [0, 0.05) is 28.7 Å². The van der Waals surface area contributed by atoms with Crippen LogP contribution in [0.3, 0.4) is 0 Å². The molecule has 0 bridgehead atoms. The highest BCUT2D eigenvalue weighted by Crippen LogP contribution is 2.31. The first kappa shape index (κ1) is 13.1. The molecule has 0 amide bonds. The molecule has 0 saturated heterocycles. The van der Waals surface area contributed by atoms with Crippen LogP contribution in [-0.4, -0.2) is 20.3 Å². The van der Waals surface area contributed by atoms with E-state index in [-0.39, 0.29) is 5.75 Å². The molecule has 0 aliphatic rings. The van der Waals surface area contributed by atoms with E-state index < -0.39 is 0 Å². The minimum absolute atomic E-state index is 0.138. The summed E-state index contributed by atoms with van der Waals surface area (Å²) in [7, 11) is 0. The number of nitrogens with one attached hydrogen (secondary N) is 2. The van der Waals surface area contributed by atoms with Gasteiger partial charge in [0.1, 0.15) is 11.8 Å². The van der Waals surface area contributed by atoms with Crippen LogP contribution < -0.4 is 5.32 Å². The minimum Gasteiger partial charge on any atom is -0.508 e. The van der Waals surface area contributed by atoms with Crippen molar-refractivity contribution in [2.75, 3.05) is 5.32 Å². The molecule has 3 N–H and O–H groups in total. The number of hydrogen-bond acceptors (Lipinski definition) is 5. The lowest BCUT2D eigenvalue weighted by Crippen LogP contribution is -1.96. The van der Waals surface area contributed by atoms with Gasteiger partial charge in [-0.25, -0.2) is 0 Å². The molecule has 0 unspecified atom stereocenters. The van der Waals surface area contributed by atoms with E-state index in [2.05, 4.69) is 26.6 Å². The smallest absolute Gasteiger partial charge is 0.117 e. The average Bonchev–Trinajstić information content (AvgIpc) is 3.02. The Kier molecular flexibility index (Phi) is 2.85. The number of nitrogens with zero attached hydrogens (tertiary/aromatic N) is 3. The van der Waals surface area contributed by atoms with Gasteiger partial charge in [0.15, 0.2) is 0 Å². The van der Waals surface area contributed by atoms with Crippen molar-refractivity contribution in [2.45, 2.75) is 0 Å². The number of aromatic amines is 1. The molecule has 0 atom stereocenters. The Labute approximate surface area is 131 Å². The molecule has 4 rings (SSSR count). The number of benzene rings is 2. The van der Waals surface area contributed by atoms with E-state index in [0.29, 0.717) is 16.8 Å². The second-order valence-electron chi connectivity index (χ2n) is 5.16. The minimum atomic E-state index is 0.138. The average molecular weight is 301 g/mol. The van der Waals surface area contributed by atoms with Gasteiger partial charge in [-0.05, 0) is 30.3 Å². The monoisotopic (exact) mass is 301 g/mol. The first-order valence-electron chi connectivity index (χ1n) is 6.96. The number of aromatic nitrogens is 3. The third-order valence-corrected chi connectivity index (χ3v) is 3.68. The van der Waals surface area contributed by atoms with Crippen LogP contribution in [0.25, 0.3) is 21.8 Å². The predicted octanol–water partition coefficient (Wildman–Crippen LogP) is 3.43. The number of nitriles is 1. The van der Waals surface area contributed by atoms with Crippen molar-refractivity contribution in [1.29, 1.82) is 5.26 Å². The maximum Gasteiger partial charge on any atom is 0.117 e. The Morgan fingerprint density at radius 1 is 1.13 bits per heavy atom. The number of phenols is 1. The van der Waals surface area contributed by atoms with Gasteiger partial charge in [-0.2, -0.15) is 10.4 Å². The van der Waals surface area contributed by atoms with Crippen LogP contribution >= 0.6 is 0 Å². The molecule has 0 aliphatic heterocycles. The Hall–Kier alpha value is -3.59. The SMILES string of the molecule is N#Cc1cnc2cc(O)ccc2c1Nc1ccc2cn[nH]c2c1. The van der Waals surface area contributed by atoms with E-state index in [1.165, 1.54) is 6.20 Å². The molecule has 0 fully saturated rings. The molecule has 0 spiro atoms. The van der Waals surface area contributed by atoms with E-state index >= 15 is 0 Å². The molecule has 0 radical (unpaired) electrons. The fourth-order valence-corrected chi connectivity index (χ4v) is 2.56. The topological polar surface area (TPSA) is 97.6 Å². The summed E-state index contributed by atoms with van der Waals surface area (Å²) >= 11 is 0. The lowest BCUT2D eigenvalue weighted by molar-refractivity contribution is 0.476. The van der Waals surface area contributed by atoms with Gasteiger partial charge in [-0.15, -0.1) is 0 Å². The standard InChI is InChI=1S/C17H11N5O/c18-7-11-8-19-16-6-13(23)3-4-14(16)17(11)21-12-2-1-10-9-20-22-15(10)5-12/h1-6,8-9,23H,(H,19,21)(H,20,22). The summed E-state index contributed by atoms with van der Waals surface area (Å²) in [6, 6.07) is 12.8. The Morgan fingerprint density at radius 3 is 2.91 bits per heavy atom. The first-order chi connectivity index (χ1) is 11.2. The van der Waals surface area contributed by atoms with Gasteiger partial charge in [-0.3, -0.25) is 10.1 Å². The third kappa shape index (κ3) is 2.21. The van der Waals surface area contributed by atoms with Gasteiger partial charge in [0.05, 0.1) is 28.5 Å². The summed E-state index contributed by atoms with van der Waals surface area (Å²) in [5.74, 6) is 0.138. The van der Waals surface area contributed by atoms with Gasteiger partial charge < -0.3 is 10.4 Å². The molecule has 23 heavy (non-hydrogen) atoms. The molecular weight excluding hydrogens is 290 g/mol. The number of rotatable bonds is 2. The van der Waals surface area contributed by atoms with E-state index in [1.54, 1.807) is 24.4 Å². The molecule has 6 nitrogen and oxygen atoms in total. The van der Waals surface area contributed by atoms with Crippen molar-refractivity contribution in [3.8, 4) is 11.8 Å². The van der Waals surface area contributed by atoms with E-state index in [0.717, 1.165) is 22.0 Å². The summed E-state index contributed by atoms with van der Waals surface area (Å²) in [6.45, 7) is 0. The summed E-state index contributed by atoms with van der Waals surface area (Å²) in [6.07, 6.45) is 3.25. The molecule has 2 heterocycles. The summed E-state index contributed by atoms with van der Waals surface area (Å²) in [5.41, 5.74) is 3.46. The van der Waals surface area contributed by atoms with Gasteiger partial charge >= 0.3 is 0 Å². The van der Waals surface area contributed by atoms with Crippen LogP contribution in [0.4, 0.5) is 11.4 Å². The van der Waals surface area contributed by atoms with Crippen LogP contribution in [0.1, 0.15) is 5.56 Å². The normalized spacial score (nSPS) is 10.7. The van der Waals surface area contributed by atoms with Crippen LogP contribution in [-0.2, 0) is 0 Å². The maximum absolute atomic E-state index is 9.60. The highest BCUT2D eigenvalue weighted by Gasteiger charge is 2.10. The maximum atomic E-state index is 9.60. The third-order valence-electron chi connectivity index (χ3n) is 3.68. The predicted molar refractivity (Wildman–Crippen MR) is 87.5 cm³/mol. The Balaban J connectivity index is 1.87. The van der Waals surface area contributed by atoms with Crippen molar-refractivity contribution >= 4 is 33.2 Å². The molecule has 0 aliphatic carbocycles. The largest absolute Gasteiger partial charge is 0.508 e. The van der Waals surface area contributed by atoms with Crippen LogP contribution in [0.5, 0.6) is 5.75 Å². The molecule has 4 aromatic rings. The zero-order valence-corrected chi connectivity index (χ0v) is 11.9. The number of pyridine rings is 1. The number of anilines is 2. The van der Waals surface area contributed by atoms with Crippen molar-refractivity contribution in [3.05, 3.63) is 54.4 Å². The fraction of sp³-hybridized carbons (Fsp3) is 0. The molecule has 2 aromatic heterocycles. The molecule has 2 aromatic carbocycles. The van der Waals surface area contributed by atoms with Crippen molar-refractivity contribution in [3.63, 3.8) is 0 Å². The first-order valence-corrected chi connectivity index (χ1v) is 6.96. The second-order valence-corrected chi connectivity index (χ2v) is 5.16. The van der Waals surface area contributed by atoms with E-state index in [4.69, 9.17) is 0 Å². The van der Waals surface area contributed by atoms with Crippen molar-refractivity contribution < 1.29 is 5.11 Å².